The van der Waals surface area contributed by atoms with E-state index in [1.54, 1.807) is 0 Å². The van der Waals surface area contributed by atoms with E-state index in [1.165, 1.54) is 44.7 Å². The summed E-state index contributed by atoms with van der Waals surface area (Å²) in [5, 5.41) is 6.81. The molecule has 10 nitrogen and oxygen atoms in total. The molecule has 0 aliphatic carbocycles. The fraction of sp³-hybridized carbons (Fsp3) is 0.621. The fourth-order valence-corrected chi connectivity index (χ4v) is 5.70. The van der Waals surface area contributed by atoms with Crippen LogP contribution in [-0.2, 0) is 11.2 Å². The highest BCUT2D eigenvalue weighted by atomic mass is 19.0. The maximum absolute atomic E-state index is 12.2. The maximum Gasteiger partial charge on any atom is 0.271 e. The summed E-state index contributed by atoms with van der Waals surface area (Å²) in [6.45, 7) is 10.3. The standard InChI is InChI=1S/C28H42N8O2.CH4.FH/c1-3-24-27(30-21-10-18-38-19-11-21)33-28(25(32-24)26(29)37)31-20-4-6-22(7-5-20)35-12-8-23(9-13-35)36-16-14-34(2)15-17-36;;/h4-7,21,23H,3,8-19H2,1-2H3,(H2,29,37)(H2,30,31,33);1H4;1H. The van der Waals surface area contributed by atoms with Crippen LogP contribution in [0.5, 0.6) is 0 Å². The predicted molar refractivity (Wildman–Crippen MR) is 161 cm³/mol. The zero-order chi connectivity index (χ0) is 26.5. The van der Waals surface area contributed by atoms with E-state index in [1.807, 2.05) is 19.1 Å². The number of likely N-dealkylation sites (N-methyl/N-ethyl adjacent to an activating group) is 1. The first-order valence-corrected chi connectivity index (χ1v) is 14.1. The Labute approximate surface area is 238 Å². The normalized spacial score (nSPS) is 19.4. The van der Waals surface area contributed by atoms with Gasteiger partial charge in [0, 0.05) is 75.9 Å². The summed E-state index contributed by atoms with van der Waals surface area (Å²) in [5.74, 6) is 0.490. The molecule has 3 aliphatic rings. The minimum atomic E-state index is -0.591. The van der Waals surface area contributed by atoms with Gasteiger partial charge in [0.15, 0.2) is 17.3 Å². The number of carbonyl (C=O) groups is 1. The van der Waals surface area contributed by atoms with Crippen LogP contribution in [0.3, 0.4) is 0 Å². The number of primary amides is 1. The number of anilines is 4. The predicted octanol–water partition coefficient (Wildman–Crippen LogP) is 3.48. The molecule has 1 amide bonds. The zero-order valence-electron chi connectivity index (χ0n) is 23.2. The Balaban J connectivity index is 0.00000220. The van der Waals surface area contributed by atoms with Crippen molar-refractivity contribution < 1.29 is 14.2 Å². The molecule has 2 aromatic rings. The number of nitrogens with two attached hydrogens (primary N) is 1. The van der Waals surface area contributed by atoms with E-state index in [2.05, 4.69) is 49.5 Å². The SMILES string of the molecule is C.CCc1nc(C(N)=O)c(Nc2ccc(N3CCC(N4CCN(C)CC4)CC3)cc2)nc1NC1CCOCC1.F. The summed E-state index contributed by atoms with van der Waals surface area (Å²) in [6.07, 6.45) is 4.89. The number of piperidine rings is 1. The van der Waals surface area contributed by atoms with E-state index >= 15 is 0 Å². The van der Waals surface area contributed by atoms with Gasteiger partial charge in [-0.25, -0.2) is 9.97 Å². The highest BCUT2D eigenvalue weighted by Crippen LogP contribution is 2.28. The van der Waals surface area contributed by atoms with Crippen LogP contribution in [0.15, 0.2) is 24.3 Å². The Hall–Kier alpha value is -3.02. The third kappa shape index (κ3) is 7.58. The molecule has 0 unspecified atom stereocenters. The summed E-state index contributed by atoms with van der Waals surface area (Å²) >= 11 is 0. The number of nitrogens with zero attached hydrogens (tertiary/aromatic N) is 5. The molecule has 3 fully saturated rings. The molecule has 0 bridgehead atoms. The number of aryl methyl sites for hydroxylation is 1. The van der Waals surface area contributed by atoms with Gasteiger partial charge in [-0.2, -0.15) is 0 Å². The van der Waals surface area contributed by atoms with Crippen LogP contribution in [0, 0.1) is 0 Å². The number of benzene rings is 1. The molecule has 3 aliphatic heterocycles. The van der Waals surface area contributed by atoms with E-state index in [0.29, 0.717) is 24.1 Å². The molecule has 1 aromatic heterocycles. The first kappa shape index (κ1) is 31.5. The van der Waals surface area contributed by atoms with Gasteiger partial charge in [-0.05, 0) is 63.4 Å². The van der Waals surface area contributed by atoms with E-state index in [9.17, 15) is 4.79 Å². The topological polar surface area (TPSA) is 112 Å². The number of aromatic nitrogens is 2. The number of carbonyl (C=O) groups excluding carboxylic acids is 1. The van der Waals surface area contributed by atoms with Crippen LogP contribution >= 0.6 is 0 Å². The monoisotopic (exact) mass is 558 g/mol. The largest absolute Gasteiger partial charge is 0.381 e. The molecule has 4 heterocycles. The number of halogens is 1. The number of piperazine rings is 1. The number of ether oxygens (including phenoxy) is 1. The van der Waals surface area contributed by atoms with Crippen molar-refractivity contribution in [1.29, 1.82) is 0 Å². The van der Waals surface area contributed by atoms with Crippen LogP contribution < -0.4 is 21.3 Å². The second-order valence-electron chi connectivity index (χ2n) is 10.7. The van der Waals surface area contributed by atoms with E-state index in [-0.39, 0.29) is 23.9 Å². The van der Waals surface area contributed by atoms with Crippen LogP contribution in [-0.4, -0.2) is 97.3 Å². The Morgan fingerprint density at radius 1 is 0.975 bits per heavy atom. The Morgan fingerprint density at radius 2 is 1.62 bits per heavy atom. The molecular weight excluding hydrogens is 511 g/mol. The molecule has 5 rings (SSSR count). The lowest BCUT2D eigenvalue weighted by atomic mass is 10.0. The summed E-state index contributed by atoms with van der Waals surface area (Å²) in [4.78, 5) is 29.2. The van der Waals surface area contributed by atoms with Gasteiger partial charge in [-0.3, -0.25) is 14.4 Å². The van der Waals surface area contributed by atoms with Gasteiger partial charge in [-0.1, -0.05) is 14.4 Å². The third-order valence-electron chi connectivity index (χ3n) is 8.11. The summed E-state index contributed by atoms with van der Waals surface area (Å²) in [5.41, 5.74) is 8.66. The highest BCUT2D eigenvalue weighted by molar-refractivity contribution is 5.96. The van der Waals surface area contributed by atoms with Crippen molar-refractivity contribution in [3.8, 4) is 0 Å². The van der Waals surface area contributed by atoms with E-state index in [0.717, 1.165) is 50.5 Å². The van der Waals surface area contributed by atoms with Crippen molar-refractivity contribution in [3.05, 3.63) is 35.7 Å². The van der Waals surface area contributed by atoms with E-state index < -0.39 is 5.91 Å². The van der Waals surface area contributed by atoms with Crippen molar-refractivity contribution in [2.45, 2.75) is 58.5 Å². The molecule has 1 aromatic carbocycles. The molecule has 0 saturated carbocycles. The Morgan fingerprint density at radius 3 is 2.23 bits per heavy atom. The van der Waals surface area contributed by atoms with Crippen molar-refractivity contribution in [1.82, 2.24) is 19.8 Å². The minimum absolute atomic E-state index is 0. The molecule has 222 valence electrons. The van der Waals surface area contributed by atoms with Gasteiger partial charge in [0.1, 0.15) is 0 Å². The van der Waals surface area contributed by atoms with Gasteiger partial charge in [0.05, 0.1) is 5.69 Å². The van der Waals surface area contributed by atoms with Crippen molar-refractivity contribution >= 4 is 28.9 Å². The molecule has 11 heteroatoms. The zero-order valence-corrected chi connectivity index (χ0v) is 23.2. The van der Waals surface area contributed by atoms with Crippen LogP contribution in [0.2, 0.25) is 0 Å². The molecule has 0 atom stereocenters. The number of amides is 1. The Kier molecular flexibility index (Phi) is 11.5. The van der Waals surface area contributed by atoms with Gasteiger partial charge >= 0.3 is 0 Å². The molecule has 3 saturated heterocycles. The quantitative estimate of drug-likeness (QED) is 0.448. The van der Waals surface area contributed by atoms with Gasteiger partial charge in [0.2, 0.25) is 0 Å². The second-order valence-corrected chi connectivity index (χ2v) is 10.7. The fourth-order valence-electron chi connectivity index (χ4n) is 5.70. The smallest absolute Gasteiger partial charge is 0.271 e. The number of nitrogens with one attached hydrogen (secondary N) is 2. The van der Waals surface area contributed by atoms with Crippen molar-refractivity contribution in [2.75, 3.05) is 75.1 Å². The first-order valence-electron chi connectivity index (χ1n) is 14.1. The first-order chi connectivity index (χ1) is 18.5. The molecule has 40 heavy (non-hydrogen) atoms. The second kappa shape index (κ2) is 14.6. The average molecular weight is 559 g/mol. The number of hydrogen-bond donors (Lipinski definition) is 3. The molecule has 4 N–H and O–H groups in total. The van der Waals surface area contributed by atoms with Crippen molar-refractivity contribution in [3.63, 3.8) is 0 Å². The molecular formula is C29H47FN8O2. The average Bonchev–Trinajstić information content (AvgIpc) is 2.94. The summed E-state index contributed by atoms with van der Waals surface area (Å²) in [7, 11) is 2.21. The van der Waals surface area contributed by atoms with Gasteiger partial charge in [-0.15, -0.1) is 0 Å². The summed E-state index contributed by atoms with van der Waals surface area (Å²) < 4.78 is 5.48. The summed E-state index contributed by atoms with van der Waals surface area (Å²) in [6, 6.07) is 9.31. The van der Waals surface area contributed by atoms with Crippen molar-refractivity contribution in [2.24, 2.45) is 5.73 Å². The van der Waals surface area contributed by atoms with E-state index in [4.69, 9.17) is 15.5 Å². The van der Waals surface area contributed by atoms with Gasteiger partial charge < -0.3 is 30.9 Å². The maximum atomic E-state index is 12.2. The lowest BCUT2D eigenvalue weighted by molar-refractivity contribution is 0.0903. The number of rotatable bonds is 8. The van der Waals surface area contributed by atoms with Crippen LogP contribution in [0.1, 0.15) is 56.2 Å². The van der Waals surface area contributed by atoms with Gasteiger partial charge in [0.25, 0.3) is 5.91 Å². The number of hydrogen-bond acceptors (Lipinski definition) is 9. The van der Waals surface area contributed by atoms with Crippen LogP contribution in [0.4, 0.5) is 27.7 Å². The lowest BCUT2D eigenvalue weighted by Gasteiger charge is -2.42. The molecule has 0 spiro atoms. The lowest BCUT2D eigenvalue weighted by Crippen LogP contribution is -2.52. The Bertz CT molecular complexity index is 1080. The molecule has 0 radical (unpaired) electrons. The third-order valence-corrected chi connectivity index (χ3v) is 8.11. The van der Waals surface area contributed by atoms with Crippen LogP contribution in [0.25, 0.3) is 0 Å². The minimum Gasteiger partial charge on any atom is -0.381 e. The highest BCUT2D eigenvalue weighted by Gasteiger charge is 2.27.